The van der Waals surface area contributed by atoms with E-state index in [1.807, 2.05) is 6.07 Å². The summed E-state index contributed by atoms with van der Waals surface area (Å²) in [6, 6.07) is 2.59. The summed E-state index contributed by atoms with van der Waals surface area (Å²) >= 11 is 5.86. The molecule has 1 aromatic heterocycles. The van der Waals surface area contributed by atoms with Crippen molar-refractivity contribution in [3.8, 4) is 0 Å². The van der Waals surface area contributed by atoms with Gasteiger partial charge in [0.1, 0.15) is 0 Å². The fraction of sp³-hybridized carbons (Fsp3) is 0.688. The van der Waals surface area contributed by atoms with Gasteiger partial charge < -0.3 is 10.2 Å². The average molecular weight is 338 g/mol. The lowest BCUT2D eigenvalue weighted by Gasteiger charge is -2.34. The van der Waals surface area contributed by atoms with Crippen LogP contribution in [0.4, 0.5) is 0 Å². The Bertz CT molecular complexity index is 563. The summed E-state index contributed by atoms with van der Waals surface area (Å²) in [7, 11) is 2.14. The minimum Gasteiger partial charge on any atom is -0.354 e. The molecule has 1 saturated carbocycles. The molecule has 1 aliphatic carbocycles. The predicted octanol–water partition coefficient (Wildman–Crippen LogP) is 1.09. The molecule has 0 unspecified atom stereocenters. The molecule has 1 aliphatic heterocycles. The topological polar surface area (TPSA) is 61.4 Å². The maximum Gasteiger partial charge on any atom is 0.234 e. The molecule has 6 nitrogen and oxygen atoms in total. The largest absolute Gasteiger partial charge is 0.354 e. The molecule has 7 heteroatoms. The minimum absolute atomic E-state index is 0.0809. The second-order valence-corrected chi connectivity index (χ2v) is 6.90. The van der Waals surface area contributed by atoms with Gasteiger partial charge in [0, 0.05) is 32.2 Å². The zero-order chi connectivity index (χ0) is 16.2. The van der Waals surface area contributed by atoms with Gasteiger partial charge in [-0.05, 0) is 37.9 Å². The number of aromatic nitrogens is 2. The molecule has 0 radical (unpaired) electrons. The van der Waals surface area contributed by atoms with Crippen molar-refractivity contribution >= 4 is 17.5 Å². The van der Waals surface area contributed by atoms with Gasteiger partial charge in [0.25, 0.3) is 0 Å². The highest BCUT2D eigenvalue weighted by molar-refractivity contribution is 6.29. The van der Waals surface area contributed by atoms with Gasteiger partial charge in [-0.1, -0.05) is 18.0 Å². The minimum atomic E-state index is 0.0809. The zero-order valence-electron chi connectivity index (χ0n) is 13.6. The van der Waals surface area contributed by atoms with E-state index in [1.165, 1.54) is 19.3 Å². The van der Waals surface area contributed by atoms with Crippen LogP contribution in [0.2, 0.25) is 5.15 Å². The number of rotatable bonds is 6. The zero-order valence-corrected chi connectivity index (χ0v) is 14.3. The van der Waals surface area contributed by atoms with Crippen molar-refractivity contribution in [2.75, 3.05) is 33.2 Å². The maximum atomic E-state index is 12.1. The van der Waals surface area contributed by atoms with Crippen molar-refractivity contribution in [1.82, 2.24) is 25.3 Å². The molecule has 1 amide bonds. The Kier molecular flexibility index (Phi) is 5.46. The van der Waals surface area contributed by atoms with E-state index in [2.05, 4.69) is 32.4 Å². The van der Waals surface area contributed by atoms with Gasteiger partial charge in [-0.3, -0.25) is 9.69 Å². The molecule has 3 rings (SSSR count). The molecule has 2 heterocycles. The molecular weight excluding hydrogens is 314 g/mol. The molecule has 1 aromatic rings. The van der Waals surface area contributed by atoms with Gasteiger partial charge in [-0.15, -0.1) is 5.10 Å². The van der Waals surface area contributed by atoms with Crippen LogP contribution in [0.25, 0.3) is 0 Å². The van der Waals surface area contributed by atoms with E-state index in [0.29, 0.717) is 24.8 Å². The second-order valence-electron chi connectivity index (χ2n) is 6.51. The fourth-order valence-corrected chi connectivity index (χ4v) is 3.29. The average Bonchev–Trinajstić information content (AvgIpc) is 2.45. The van der Waals surface area contributed by atoms with E-state index >= 15 is 0 Å². The molecule has 2 aliphatic rings. The van der Waals surface area contributed by atoms with Crippen LogP contribution < -0.4 is 5.32 Å². The van der Waals surface area contributed by atoms with Gasteiger partial charge >= 0.3 is 0 Å². The molecular formula is C16H24ClN5O. The Morgan fingerprint density at radius 2 is 2.30 bits per heavy atom. The number of carbonyl (C=O) groups excluding carboxylic acids is 1. The Morgan fingerprint density at radius 1 is 1.48 bits per heavy atom. The quantitative estimate of drug-likeness (QED) is 0.842. The predicted molar refractivity (Wildman–Crippen MR) is 89.3 cm³/mol. The number of nitrogens with zero attached hydrogens (tertiary/aromatic N) is 4. The van der Waals surface area contributed by atoms with Crippen molar-refractivity contribution in [3.05, 3.63) is 22.5 Å². The molecule has 0 spiro atoms. The molecule has 0 saturated heterocycles. The lowest BCUT2D eigenvalue weighted by atomic mass is 9.92. The fourth-order valence-electron chi connectivity index (χ4n) is 3.12. The summed E-state index contributed by atoms with van der Waals surface area (Å²) < 4.78 is 0. The summed E-state index contributed by atoms with van der Waals surface area (Å²) in [4.78, 5) is 16.5. The lowest BCUT2D eigenvalue weighted by molar-refractivity contribution is -0.122. The first-order valence-corrected chi connectivity index (χ1v) is 8.70. The number of nitrogens with one attached hydrogen (secondary N) is 1. The van der Waals surface area contributed by atoms with Gasteiger partial charge in [-0.2, -0.15) is 5.10 Å². The summed E-state index contributed by atoms with van der Waals surface area (Å²) in [6.07, 6.45) is 4.79. The normalized spacial score (nSPS) is 18.6. The highest BCUT2D eigenvalue weighted by Gasteiger charge is 2.22. The van der Waals surface area contributed by atoms with Crippen molar-refractivity contribution in [2.24, 2.45) is 0 Å². The Labute approximate surface area is 142 Å². The third-order valence-corrected chi connectivity index (χ3v) is 5.04. The summed E-state index contributed by atoms with van der Waals surface area (Å²) in [5.41, 5.74) is 2.07. The Hall–Kier alpha value is -1.24. The van der Waals surface area contributed by atoms with Gasteiger partial charge in [-0.25, -0.2) is 0 Å². The first kappa shape index (κ1) is 16.6. The van der Waals surface area contributed by atoms with Crippen LogP contribution in [0.1, 0.15) is 30.5 Å². The van der Waals surface area contributed by atoms with Crippen LogP contribution in [0.15, 0.2) is 6.07 Å². The van der Waals surface area contributed by atoms with Crippen molar-refractivity contribution in [1.29, 1.82) is 0 Å². The number of halogens is 1. The van der Waals surface area contributed by atoms with Crippen LogP contribution in [0.3, 0.4) is 0 Å². The van der Waals surface area contributed by atoms with Crippen LogP contribution in [-0.4, -0.2) is 65.2 Å². The second kappa shape index (κ2) is 7.55. The van der Waals surface area contributed by atoms with E-state index in [-0.39, 0.29) is 5.91 Å². The van der Waals surface area contributed by atoms with E-state index < -0.39 is 0 Å². The third-order valence-electron chi connectivity index (χ3n) is 4.85. The summed E-state index contributed by atoms with van der Waals surface area (Å²) in [6.45, 7) is 3.56. The van der Waals surface area contributed by atoms with Crippen molar-refractivity contribution in [2.45, 2.75) is 38.3 Å². The summed E-state index contributed by atoms with van der Waals surface area (Å²) in [5.74, 6) is 0.0809. The molecule has 0 bridgehead atoms. The highest BCUT2D eigenvalue weighted by atomic mass is 35.5. The molecule has 1 fully saturated rings. The Balaban J connectivity index is 1.39. The van der Waals surface area contributed by atoms with Gasteiger partial charge in [0.05, 0.1) is 12.2 Å². The van der Waals surface area contributed by atoms with Gasteiger partial charge in [0.2, 0.25) is 5.91 Å². The van der Waals surface area contributed by atoms with E-state index in [1.54, 1.807) is 0 Å². The van der Waals surface area contributed by atoms with E-state index in [9.17, 15) is 4.79 Å². The number of fused-ring (bicyclic) bond motifs is 1. The Morgan fingerprint density at radius 3 is 3.04 bits per heavy atom. The lowest BCUT2D eigenvalue weighted by Crippen LogP contribution is -2.44. The standard InChI is InChI=1S/C16H24ClN5O/c1-21(13-3-2-4-13)8-6-18-16(23)11-22-7-5-12-9-15(17)20-19-14(12)10-22/h9,13H,2-8,10-11H2,1H3,(H,18,23). The van der Waals surface area contributed by atoms with Crippen LogP contribution >= 0.6 is 11.6 Å². The smallest absolute Gasteiger partial charge is 0.234 e. The molecule has 0 atom stereocenters. The van der Waals surface area contributed by atoms with Crippen LogP contribution in [0, 0.1) is 0 Å². The summed E-state index contributed by atoms with van der Waals surface area (Å²) in [5, 5.41) is 11.5. The van der Waals surface area contributed by atoms with Crippen molar-refractivity contribution in [3.63, 3.8) is 0 Å². The molecule has 126 valence electrons. The SMILES string of the molecule is CN(CCNC(=O)CN1CCc2cc(Cl)nnc2C1)C1CCC1. The van der Waals surface area contributed by atoms with Crippen LogP contribution in [-0.2, 0) is 17.8 Å². The van der Waals surface area contributed by atoms with Crippen LogP contribution in [0.5, 0.6) is 0 Å². The van der Waals surface area contributed by atoms with Crippen molar-refractivity contribution < 1.29 is 4.79 Å². The monoisotopic (exact) mass is 337 g/mol. The molecule has 0 aromatic carbocycles. The van der Waals surface area contributed by atoms with E-state index in [0.717, 1.165) is 36.8 Å². The first-order valence-electron chi connectivity index (χ1n) is 8.32. The molecule has 23 heavy (non-hydrogen) atoms. The highest BCUT2D eigenvalue weighted by Crippen LogP contribution is 2.22. The number of hydrogen-bond donors (Lipinski definition) is 1. The third kappa shape index (κ3) is 4.40. The molecule has 1 N–H and O–H groups in total. The first-order chi connectivity index (χ1) is 11.1. The van der Waals surface area contributed by atoms with E-state index in [4.69, 9.17) is 11.6 Å². The number of carbonyl (C=O) groups is 1. The maximum absolute atomic E-state index is 12.1. The number of amides is 1. The number of hydrogen-bond acceptors (Lipinski definition) is 5. The number of likely N-dealkylation sites (N-methyl/N-ethyl adjacent to an activating group) is 1. The van der Waals surface area contributed by atoms with Gasteiger partial charge in [0.15, 0.2) is 5.15 Å².